The SMILES string of the molecule is COc1cccc(/C=N/NC(=O)Nc2cc(C)cc(C)c2)c1OC(C)C. The summed E-state index contributed by atoms with van der Waals surface area (Å²) in [6.07, 6.45) is 1.51. The normalized spacial score (nSPS) is 10.8. The average Bonchev–Trinajstić information content (AvgIpc) is 2.54. The molecule has 26 heavy (non-hydrogen) atoms. The number of amides is 2. The smallest absolute Gasteiger partial charge is 0.339 e. The summed E-state index contributed by atoms with van der Waals surface area (Å²) < 4.78 is 11.1. The molecule has 0 heterocycles. The first-order chi connectivity index (χ1) is 12.4. The fourth-order valence-electron chi connectivity index (χ4n) is 2.52. The minimum Gasteiger partial charge on any atom is -0.493 e. The molecule has 0 unspecified atom stereocenters. The van der Waals surface area contributed by atoms with E-state index in [0.29, 0.717) is 17.1 Å². The van der Waals surface area contributed by atoms with Gasteiger partial charge in [0.2, 0.25) is 0 Å². The van der Waals surface area contributed by atoms with Gasteiger partial charge in [-0.25, -0.2) is 10.2 Å². The second-order valence-corrected chi connectivity index (χ2v) is 6.25. The molecule has 2 aromatic rings. The highest BCUT2D eigenvalue weighted by molar-refractivity contribution is 5.91. The molecule has 6 heteroatoms. The number of methoxy groups -OCH3 is 1. The number of benzene rings is 2. The lowest BCUT2D eigenvalue weighted by atomic mass is 10.1. The minimum absolute atomic E-state index is 0.0146. The minimum atomic E-state index is -0.416. The highest BCUT2D eigenvalue weighted by Crippen LogP contribution is 2.30. The summed E-state index contributed by atoms with van der Waals surface area (Å²) >= 11 is 0. The number of nitrogens with one attached hydrogen (secondary N) is 2. The largest absolute Gasteiger partial charge is 0.493 e. The molecule has 2 N–H and O–H groups in total. The van der Waals surface area contributed by atoms with Crippen molar-refractivity contribution in [2.45, 2.75) is 33.8 Å². The van der Waals surface area contributed by atoms with E-state index >= 15 is 0 Å². The second-order valence-electron chi connectivity index (χ2n) is 6.25. The Bertz CT molecular complexity index is 781. The topological polar surface area (TPSA) is 72.0 Å². The number of urea groups is 1. The fourth-order valence-corrected chi connectivity index (χ4v) is 2.52. The zero-order chi connectivity index (χ0) is 19.1. The van der Waals surface area contributed by atoms with E-state index in [9.17, 15) is 4.79 Å². The van der Waals surface area contributed by atoms with Gasteiger partial charge in [0.25, 0.3) is 0 Å². The predicted molar refractivity (Wildman–Crippen MR) is 104 cm³/mol. The van der Waals surface area contributed by atoms with Gasteiger partial charge < -0.3 is 14.8 Å². The van der Waals surface area contributed by atoms with E-state index in [2.05, 4.69) is 15.8 Å². The highest BCUT2D eigenvalue weighted by atomic mass is 16.5. The van der Waals surface area contributed by atoms with Crippen molar-refractivity contribution in [3.05, 3.63) is 53.1 Å². The van der Waals surface area contributed by atoms with E-state index in [1.807, 2.05) is 64.1 Å². The molecule has 0 spiro atoms. The first-order valence-electron chi connectivity index (χ1n) is 8.41. The number of hydrogen-bond acceptors (Lipinski definition) is 4. The molecular weight excluding hydrogens is 330 g/mol. The molecule has 0 radical (unpaired) electrons. The van der Waals surface area contributed by atoms with Gasteiger partial charge in [-0.15, -0.1) is 0 Å². The van der Waals surface area contributed by atoms with Crippen LogP contribution in [0.25, 0.3) is 0 Å². The maximum Gasteiger partial charge on any atom is 0.339 e. The zero-order valence-corrected chi connectivity index (χ0v) is 15.8. The summed E-state index contributed by atoms with van der Waals surface area (Å²) in [5.41, 5.74) is 6.05. The van der Waals surface area contributed by atoms with Gasteiger partial charge in [-0.2, -0.15) is 5.10 Å². The Kier molecular flexibility index (Phi) is 6.60. The number of nitrogens with zero attached hydrogens (tertiary/aromatic N) is 1. The molecule has 2 amide bonds. The van der Waals surface area contributed by atoms with Crippen molar-refractivity contribution >= 4 is 17.9 Å². The number of carbonyl (C=O) groups is 1. The second kappa shape index (κ2) is 8.89. The van der Waals surface area contributed by atoms with Gasteiger partial charge >= 0.3 is 6.03 Å². The molecule has 6 nitrogen and oxygen atoms in total. The Labute approximate surface area is 154 Å². The van der Waals surface area contributed by atoms with Crippen molar-refractivity contribution in [1.29, 1.82) is 0 Å². The summed E-state index contributed by atoms with van der Waals surface area (Å²) in [7, 11) is 1.58. The van der Waals surface area contributed by atoms with Crippen LogP contribution in [0.3, 0.4) is 0 Å². The van der Waals surface area contributed by atoms with Crippen LogP contribution in [0, 0.1) is 13.8 Å². The zero-order valence-electron chi connectivity index (χ0n) is 15.8. The van der Waals surface area contributed by atoms with E-state index in [4.69, 9.17) is 9.47 Å². The molecule has 0 aliphatic heterocycles. The van der Waals surface area contributed by atoms with E-state index in [1.54, 1.807) is 7.11 Å². The van der Waals surface area contributed by atoms with E-state index < -0.39 is 6.03 Å². The first kappa shape index (κ1) is 19.3. The van der Waals surface area contributed by atoms with Gasteiger partial charge in [0.1, 0.15) is 0 Å². The van der Waals surface area contributed by atoms with Crippen LogP contribution < -0.4 is 20.2 Å². The van der Waals surface area contributed by atoms with Crippen molar-refractivity contribution in [2.75, 3.05) is 12.4 Å². The molecular formula is C20H25N3O3. The van der Waals surface area contributed by atoms with Crippen LogP contribution in [-0.4, -0.2) is 25.5 Å². The van der Waals surface area contributed by atoms with Crippen molar-refractivity contribution in [3.63, 3.8) is 0 Å². The first-order valence-corrected chi connectivity index (χ1v) is 8.41. The third-order valence-corrected chi connectivity index (χ3v) is 3.43. The summed E-state index contributed by atoms with van der Waals surface area (Å²) in [4.78, 5) is 12.0. The molecule has 0 aromatic heterocycles. The van der Waals surface area contributed by atoms with Gasteiger partial charge in [0, 0.05) is 11.3 Å². The molecule has 138 valence electrons. The summed E-state index contributed by atoms with van der Waals surface area (Å²) in [5, 5.41) is 6.76. The molecule has 0 saturated carbocycles. The van der Waals surface area contributed by atoms with Gasteiger partial charge in [-0.3, -0.25) is 0 Å². The lowest BCUT2D eigenvalue weighted by molar-refractivity contribution is 0.230. The maximum atomic E-state index is 12.0. The summed E-state index contributed by atoms with van der Waals surface area (Å²) in [5.74, 6) is 1.20. The van der Waals surface area contributed by atoms with Crippen molar-refractivity contribution in [2.24, 2.45) is 5.10 Å². The monoisotopic (exact) mass is 355 g/mol. The molecule has 2 rings (SSSR count). The van der Waals surface area contributed by atoms with Crippen LogP contribution in [-0.2, 0) is 0 Å². The molecule has 2 aromatic carbocycles. The summed E-state index contributed by atoms with van der Waals surface area (Å²) in [6, 6.07) is 10.9. The van der Waals surface area contributed by atoms with E-state index in [-0.39, 0.29) is 6.10 Å². The van der Waals surface area contributed by atoms with E-state index in [1.165, 1.54) is 6.21 Å². The van der Waals surface area contributed by atoms with Gasteiger partial charge in [0.15, 0.2) is 11.5 Å². The van der Waals surface area contributed by atoms with Crippen molar-refractivity contribution in [3.8, 4) is 11.5 Å². The number of para-hydroxylation sites is 1. The van der Waals surface area contributed by atoms with Crippen LogP contribution in [0.5, 0.6) is 11.5 Å². The Morgan fingerprint density at radius 3 is 2.46 bits per heavy atom. The van der Waals surface area contributed by atoms with Crippen molar-refractivity contribution < 1.29 is 14.3 Å². The lowest BCUT2D eigenvalue weighted by Gasteiger charge is -2.15. The lowest BCUT2D eigenvalue weighted by Crippen LogP contribution is -2.24. The van der Waals surface area contributed by atoms with Crippen LogP contribution in [0.4, 0.5) is 10.5 Å². The van der Waals surface area contributed by atoms with E-state index in [0.717, 1.165) is 16.8 Å². The highest BCUT2D eigenvalue weighted by Gasteiger charge is 2.11. The van der Waals surface area contributed by atoms with Gasteiger partial charge in [-0.05, 0) is 63.1 Å². The number of hydrazone groups is 1. The van der Waals surface area contributed by atoms with Gasteiger partial charge in [-0.1, -0.05) is 12.1 Å². The Morgan fingerprint density at radius 2 is 1.85 bits per heavy atom. The Balaban J connectivity index is 2.06. The third kappa shape index (κ3) is 5.51. The number of rotatable bonds is 6. The van der Waals surface area contributed by atoms with Crippen molar-refractivity contribution in [1.82, 2.24) is 5.43 Å². The summed E-state index contributed by atoms with van der Waals surface area (Å²) in [6.45, 7) is 7.83. The number of aryl methyl sites for hydroxylation is 2. The number of anilines is 1. The average molecular weight is 355 g/mol. The Morgan fingerprint density at radius 1 is 1.15 bits per heavy atom. The fraction of sp³-hybridized carbons (Fsp3) is 0.300. The van der Waals surface area contributed by atoms with Gasteiger partial charge in [0.05, 0.1) is 19.4 Å². The standard InChI is InChI=1S/C20H25N3O3/c1-13(2)26-19-16(7-6-8-18(19)25-5)12-21-23-20(24)22-17-10-14(3)9-15(4)11-17/h6-13H,1-5H3,(H2,22,23,24)/b21-12+. The predicted octanol–water partition coefficient (Wildman–Crippen LogP) is 4.25. The van der Waals surface area contributed by atoms with Crippen LogP contribution in [0.15, 0.2) is 41.5 Å². The maximum absolute atomic E-state index is 12.0. The third-order valence-electron chi connectivity index (χ3n) is 3.43. The molecule has 0 aliphatic carbocycles. The molecule has 0 atom stereocenters. The number of carbonyl (C=O) groups excluding carboxylic acids is 1. The molecule has 0 fully saturated rings. The molecule has 0 aliphatic rings. The van der Waals surface area contributed by atoms with Crippen LogP contribution in [0.1, 0.15) is 30.5 Å². The quantitative estimate of drug-likeness (QED) is 0.601. The van der Waals surface area contributed by atoms with Crippen LogP contribution in [0.2, 0.25) is 0 Å². The number of ether oxygens (including phenoxy) is 2. The molecule has 0 bridgehead atoms. The Hall–Kier alpha value is -3.02. The number of hydrogen-bond donors (Lipinski definition) is 2. The molecule has 0 saturated heterocycles. The van der Waals surface area contributed by atoms with Crippen LogP contribution >= 0.6 is 0 Å².